The van der Waals surface area contributed by atoms with Gasteiger partial charge in [0.1, 0.15) is 0 Å². The minimum atomic E-state index is -0.310. The number of hydrogen-bond acceptors (Lipinski definition) is 1. The molecule has 0 aromatic rings. The molecule has 0 amide bonds. The standard InChI is InChI=1S/C15H24O/c1-10-5-6-14-13(9-15(14,3)4)11(2)8-12(16)7-10/h7,12-14,16H,2,5-6,8-9H2,1,3-4H3/b10-7+/t12-,13-,14-/m1/s1. The van der Waals surface area contributed by atoms with Crippen molar-refractivity contribution in [3.8, 4) is 0 Å². The van der Waals surface area contributed by atoms with Gasteiger partial charge in [-0.2, -0.15) is 0 Å². The molecule has 1 fully saturated rings. The average molecular weight is 220 g/mol. The van der Waals surface area contributed by atoms with Crippen molar-refractivity contribution in [1.82, 2.24) is 0 Å². The largest absolute Gasteiger partial charge is 0.389 e. The number of fused-ring (bicyclic) bond motifs is 1. The van der Waals surface area contributed by atoms with E-state index in [1.165, 1.54) is 24.0 Å². The van der Waals surface area contributed by atoms with E-state index in [1.807, 2.05) is 6.08 Å². The van der Waals surface area contributed by atoms with Crippen LogP contribution in [0.3, 0.4) is 0 Å². The van der Waals surface area contributed by atoms with Crippen molar-refractivity contribution < 1.29 is 5.11 Å². The van der Waals surface area contributed by atoms with Crippen LogP contribution in [0.25, 0.3) is 0 Å². The molecule has 0 saturated heterocycles. The van der Waals surface area contributed by atoms with Crippen molar-refractivity contribution in [2.24, 2.45) is 17.3 Å². The second kappa shape index (κ2) is 4.03. The summed E-state index contributed by atoms with van der Waals surface area (Å²) >= 11 is 0. The topological polar surface area (TPSA) is 20.2 Å². The first-order valence-corrected chi connectivity index (χ1v) is 6.43. The Morgan fingerprint density at radius 2 is 2.12 bits per heavy atom. The summed E-state index contributed by atoms with van der Waals surface area (Å²) in [6, 6.07) is 0. The van der Waals surface area contributed by atoms with Gasteiger partial charge in [0.15, 0.2) is 0 Å². The van der Waals surface area contributed by atoms with Gasteiger partial charge in [0.05, 0.1) is 6.10 Å². The zero-order chi connectivity index (χ0) is 11.9. The van der Waals surface area contributed by atoms with E-state index >= 15 is 0 Å². The zero-order valence-electron chi connectivity index (χ0n) is 10.8. The van der Waals surface area contributed by atoms with E-state index in [9.17, 15) is 5.11 Å². The quantitative estimate of drug-likeness (QED) is 0.617. The fourth-order valence-electron chi connectivity index (χ4n) is 3.54. The van der Waals surface area contributed by atoms with E-state index in [4.69, 9.17) is 0 Å². The highest BCUT2D eigenvalue weighted by atomic mass is 16.3. The lowest BCUT2D eigenvalue weighted by molar-refractivity contribution is 0.00210. The first-order chi connectivity index (χ1) is 7.40. The highest BCUT2D eigenvalue weighted by Crippen LogP contribution is 2.56. The van der Waals surface area contributed by atoms with Gasteiger partial charge in [-0.1, -0.05) is 37.6 Å². The van der Waals surface area contributed by atoms with E-state index in [0.29, 0.717) is 11.3 Å². The number of allylic oxidation sites excluding steroid dienone is 1. The zero-order valence-corrected chi connectivity index (χ0v) is 10.8. The second-order valence-corrected chi connectivity index (χ2v) is 6.39. The molecule has 0 radical (unpaired) electrons. The fourth-order valence-corrected chi connectivity index (χ4v) is 3.54. The van der Waals surface area contributed by atoms with Crippen LogP contribution in [0.15, 0.2) is 23.8 Å². The molecule has 0 aliphatic heterocycles. The summed E-state index contributed by atoms with van der Waals surface area (Å²) in [4.78, 5) is 0. The van der Waals surface area contributed by atoms with Crippen LogP contribution in [0.2, 0.25) is 0 Å². The van der Waals surface area contributed by atoms with Gasteiger partial charge in [0, 0.05) is 0 Å². The predicted molar refractivity (Wildman–Crippen MR) is 68.1 cm³/mol. The van der Waals surface area contributed by atoms with Gasteiger partial charge in [-0.15, -0.1) is 0 Å². The Bertz CT molecular complexity index is 324. The normalized spacial score (nSPS) is 41.9. The Labute approximate surface area is 99.3 Å². The van der Waals surface area contributed by atoms with E-state index in [1.54, 1.807) is 0 Å². The Balaban J connectivity index is 2.16. The molecule has 16 heavy (non-hydrogen) atoms. The van der Waals surface area contributed by atoms with Gasteiger partial charge in [-0.3, -0.25) is 0 Å². The summed E-state index contributed by atoms with van der Waals surface area (Å²) < 4.78 is 0. The summed E-state index contributed by atoms with van der Waals surface area (Å²) in [6.07, 6.45) is 6.11. The maximum Gasteiger partial charge on any atom is 0.0760 e. The Kier molecular flexibility index (Phi) is 3.00. The summed E-state index contributed by atoms with van der Waals surface area (Å²) in [6.45, 7) is 11.1. The fraction of sp³-hybridized carbons (Fsp3) is 0.733. The molecule has 90 valence electrons. The Hall–Kier alpha value is -0.560. The lowest BCUT2D eigenvalue weighted by Crippen LogP contribution is -2.44. The molecule has 0 unspecified atom stereocenters. The van der Waals surface area contributed by atoms with Gasteiger partial charge >= 0.3 is 0 Å². The Morgan fingerprint density at radius 3 is 2.75 bits per heavy atom. The lowest BCUT2D eigenvalue weighted by atomic mass is 9.52. The second-order valence-electron chi connectivity index (χ2n) is 6.39. The van der Waals surface area contributed by atoms with Crippen LogP contribution >= 0.6 is 0 Å². The number of hydrogen-bond donors (Lipinski definition) is 1. The van der Waals surface area contributed by atoms with Gasteiger partial charge in [0.25, 0.3) is 0 Å². The molecule has 0 aromatic carbocycles. The van der Waals surface area contributed by atoms with Crippen LogP contribution in [-0.2, 0) is 0 Å². The summed E-state index contributed by atoms with van der Waals surface area (Å²) in [5.41, 5.74) is 3.08. The summed E-state index contributed by atoms with van der Waals surface area (Å²) in [7, 11) is 0. The van der Waals surface area contributed by atoms with Gasteiger partial charge in [-0.25, -0.2) is 0 Å². The number of aliphatic hydroxyl groups is 1. The van der Waals surface area contributed by atoms with Crippen LogP contribution < -0.4 is 0 Å². The van der Waals surface area contributed by atoms with Crippen LogP contribution in [-0.4, -0.2) is 11.2 Å². The molecule has 1 saturated carbocycles. The van der Waals surface area contributed by atoms with Crippen molar-refractivity contribution in [2.75, 3.05) is 0 Å². The molecular formula is C15H24O. The van der Waals surface area contributed by atoms with E-state index < -0.39 is 0 Å². The van der Waals surface area contributed by atoms with Crippen LogP contribution in [0.1, 0.15) is 46.5 Å². The summed E-state index contributed by atoms with van der Waals surface area (Å²) in [5.74, 6) is 1.43. The lowest BCUT2D eigenvalue weighted by Gasteiger charge is -2.53. The molecule has 2 aliphatic carbocycles. The molecule has 1 nitrogen and oxygen atoms in total. The molecule has 0 heterocycles. The van der Waals surface area contributed by atoms with Gasteiger partial charge < -0.3 is 5.11 Å². The number of aliphatic hydroxyl groups excluding tert-OH is 1. The van der Waals surface area contributed by atoms with Gasteiger partial charge in [-0.05, 0) is 49.9 Å². The minimum Gasteiger partial charge on any atom is -0.389 e. The smallest absolute Gasteiger partial charge is 0.0760 e. The van der Waals surface area contributed by atoms with Crippen molar-refractivity contribution in [2.45, 2.75) is 52.6 Å². The first kappa shape index (κ1) is 11.9. The molecule has 2 aliphatic rings. The Morgan fingerprint density at radius 1 is 1.44 bits per heavy atom. The highest BCUT2D eigenvalue weighted by Gasteiger charge is 2.47. The third kappa shape index (κ3) is 2.10. The van der Waals surface area contributed by atoms with Gasteiger partial charge in [0.2, 0.25) is 0 Å². The predicted octanol–water partition coefficient (Wildman–Crippen LogP) is 3.70. The van der Waals surface area contributed by atoms with Crippen molar-refractivity contribution in [3.63, 3.8) is 0 Å². The average Bonchev–Trinajstić information content (AvgIpc) is 2.16. The molecule has 0 aromatic heterocycles. The maximum atomic E-state index is 9.90. The molecule has 3 atom stereocenters. The SMILES string of the molecule is C=C1C[C@H](O)/C=C(\C)CC[C@@H]2[C@@H]1CC2(C)C. The van der Waals surface area contributed by atoms with Crippen LogP contribution in [0, 0.1) is 17.3 Å². The minimum absolute atomic E-state index is 0.310. The van der Waals surface area contributed by atoms with E-state index in [0.717, 1.165) is 18.8 Å². The van der Waals surface area contributed by atoms with Crippen LogP contribution in [0.4, 0.5) is 0 Å². The van der Waals surface area contributed by atoms with Crippen molar-refractivity contribution >= 4 is 0 Å². The molecule has 1 N–H and O–H groups in total. The molecular weight excluding hydrogens is 196 g/mol. The third-order valence-electron chi connectivity index (χ3n) is 4.56. The molecule has 1 heteroatoms. The van der Waals surface area contributed by atoms with Crippen LogP contribution in [0.5, 0.6) is 0 Å². The van der Waals surface area contributed by atoms with E-state index in [-0.39, 0.29) is 6.10 Å². The summed E-state index contributed by atoms with van der Waals surface area (Å²) in [5, 5.41) is 9.90. The monoisotopic (exact) mass is 220 g/mol. The molecule has 0 spiro atoms. The maximum absolute atomic E-state index is 9.90. The highest BCUT2D eigenvalue weighted by molar-refractivity contribution is 5.18. The van der Waals surface area contributed by atoms with Crippen molar-refractivity contribution in [3.05, 3.63) is 23.8 Å². The number of rotatable bonds is 0. The third-order valence-corrected chi connectivity index (χ3v) is 4.56. The van der Waals surface area contributed by atoms with Crippen molar-refractivity contribution in [1.29, 1.82) is 0 Å². The first-order valence-electron chi connectivity index (χ1n) is 6.43. The molecule has 0 bridgehead atoms. The van der Waals surface area contributed by atoms with E-state index in [2.05, 4.69) is 27.4 Å². The molecule has 2 rings (SSSR count).